The molecule has 3 rings (SSSR count). The van der Waals surface area contributed by atoms with Gasteiger partial charge in [0.05, 0.1) is 7.11 Å². The lowest BCUT2D eigenvalue weighted by Crippen LogP contribution is -2.40. The van der Waals surface area contributed by atoms with E-state index in [1.165, 1.54) is 6.07 Å². The van der Waals surface area contributed by atoms with E-state index in [9.17, 15) is 9.90 Å². The fraction of sp³-hybridized carbons (Fsp3) is 0.250. The number of aryl methyl sites for hydroxylation is 1. The molecule has 0 saturated heterocycles. The van der Waals surface area contributed by atoms with E-state index < -0.39 is 12.3 Å². The lowest BCUT2D eigenvalue weighted by Gasteiger charge is -2.20. The van der Waals surface area contributed by atoms with Gasteiger partial charge in [-0.25, -0.2) is 0 Å². The van der Waals surface area contributed by atoms with Crippen LogP contribution in [-0.4, -0.2) is 29.5 Å². The first-order valence-corrected chi connectivity index (χ1v) is 8.41. The molecule has 0 aliphatic rings. The minimum absolute atomic E-state index is 0.157. The number of pyridine rings is 1. The molecule has 0 fully saturated rings. The molecular formula is C20H22N2O4. The predicted octanol–water partition coefficient (Wildman–Crippen LogP) is 2.19. The van der Waals surface area contributed by atoms with E-state index in [4.69, 9.17) is 15.2 Å². The number of aromatic amines is 1. The van der Waals surface area contributed by atoms with E-state index in [2.05, 4.69) is 4.98 Å². The van der Waals surface area contributed by atoms with Crippen LogP contribution in [0.2, 0.25) is 0 Å². The van der Waals surface area contributed by atoms with Crippen molar-refractivity contribution in [1.82, 2.24) is 4.98 Å². The summed E-state index contributed by atoms with van der Waals surface area (Å²) in [6.45, 7) is 0. The lowest BCUT2D eigenvalue weighted by molar-refractivity contribution is 0.0350. The molecule has 0 aliphatic heterocycles. The molecule has 0 saturated carbocycles. The maximum atomic E-state index is 11.3. The Balaban J connectivity index is 1.60. The van der Waals surface area contributed by atoms with Crippen LogP contribution in [0.3, 0.4) is 0 Å². The molecule has 3 aromatic rings. The number of aromatic nitrogens is 1. The molecule has 0 radical (unpaired) electrons. The molecule has 0 amide bonds. The van der Waals surface area contributed by atoms with Crippen LogP contribution in [0.5, 0.6) is 11.5 Å². The first-order chi connectivity index (χ1) is 12.5. The number of methoxy groups -OCH3 is 1. The summed E-state index contributed by atoms with van der Waals surface area (Å²) in [4.78, 5) is 14.1. The van der Waals surface area contributed by atoms with Gasteiger partial charge in [-0.3, -0.25) is 10.5 Å². The average molecular weight is 354 g/mol. The Bertz CT molecular complexity index is 938. The fourth-order valence-corrected chi connectivity index (χ4v) is 2.75. The topological polar surface area (TPSA) is 97.6 Å². The number of nitrogens with two attached hydrogens (primary N) is 1. The molecule has 0 aliphatic carbocycles. The number of hydrogen-bond donors (Lipinski definition) is 3. The smallest absolute Gasteiger partial charge is 0.248 e. The molecule has 2 unspecified atom stereocenters. The third-order valence-electron chi connectivity index (χ3n) is 4.21. The third kappa shape index (κ3) is 4.41. The highest BCUT2D eigenvalue weighted by Gasteiger charge is 2.17. The van der Waals surface area contributed by atoms with Crippen LogP contribution in [0.4, 0.5) is 0 Å². The van der Waals surface area contributed by atoms with Gasteiger partial charge in [0.1, 0.15) is 17.6 Å². The van der Waals surface area contributed by atoms with Crippen molar-refractivity contribution in [3.63, 3.8) is 0 Å². The standard InChI is InChI=1S/C20H22N2O4/c1-25-15-4-2-3-13(11-15)5-9-18(23)20(21)26-16-7-8-17-14(12-16)6-10-19(24)22-17/h2-4,6-8,10-12,18,20,23H,5,9,21H2,1H3,(H,22,24). The van der Waals surface area contributed by atoms with E-state index in [0.29, 0.717) is 18.6 Å². The molecule has 136 valence electrons. The van der Waals surface area contributed by atoms with Gasteiger partial charge >= 0.3 is 0 Å². The van der Waals surface area contributed by atoms with E-state index in [0.717, 1.165) is 22.2 Å². The minimum Gasteiger partial charge on any atom is -0.497 e. The largest absolute Gasteiger partial charge is 0.497 e. The van der Waals surface area contributed by atoms with Gasteiger partial charge < -0.3 is 19.6 Å². The van der Waals surface area contributed by atoms with Crippen LogP contribution in [0.25, 0.3) is 10.9 Å². The Labute approximate surface area is 151 Å². The summed E-state index contributed by atoms with van der Waals surface area (Å²) in [5.74, 6) is 1.32. The van der Waals surface area contributed by atoms with Crippen LogP contribution < -0.4 is 20.8 Å². The van der Waals surface area contributed by atoms with Crippen LogP contribution in [-0.2, 0) is 6.42 Å². The van der Waals surface area contributed by atoms with Crippen molar-refractivity contribution >= 4 is 10.9 Å². The van der Waals surface area contributed by atoms with Crippen molar-refractivity contribution in [2.75, 3.05) is 7.11 Å². The van der Waals surface area contributed by atoms with Gasteiger partial charge in [0.25, 0.3) is 0 Å². The first-order valence-electron chi connectivity index (χ1n) is 8.41. The molecule has 4 N–H and O–H groups in total. The number of aliphatic hydroxyl groups excluding tert-OH is 1. The van der Waals surface area contributed by atoms with E-state index in [1.54, 1.807) is 31.4 Å². The van der Waals surface area contributed by atoms with Gasteiger partial charge in [-0.1, -0.05) is 12.1 Å². The molecule has 0 spiro atoms. The van der Waals surface area contributed by atoms with Crippen molar-refractivity contribution in [2.45, 2.75) is 25.2 Å². The number of ether oxygens (including phenoxy) is 2. The van der Waals surface area contributed by atoms with Gasteiger partial charge in [-0.2, -0.15) is 0 Å². The Kier molecular flexibility index (Phi) is 5.55. The highest BCUT2D eigenvalue weighted by atomic mass is 16.5. The normalized spacial score (nSPS) is 13.3. The number of benzene rings is 2. The summed E-state index contributed by atoms with van der Waals surface area (Å²) in [5, 5.41) is 11.1. The molecule has 6 nitrogen and oxygen atoms in total. The van der Waals surface area contributed by atoms with E-state index in [1.807, 2.05) is 24.3 Å². The molecule has 1 heterocycles. The van der Waals surface area contributed by atoms with Gasteiger partial charge in [0, 0.05) is 17.0 Å². The molecule has 2 atom stereocenters. The highest BCUT2D eigenvalue weighted by Crippen LogP contribution is 2.20. The summed E-state index contributed by atoms with van der Waals surface area (Å²) in [6, 6.07) is 16.1. The average Bonchev–Trinajstić information content (AvgIpc) is 2.66. The zero-order valence-electron chi connectivity index (χ0n) is 14.5. The highest BCUT2D eigenvalue weighted by molar-refractivity contribution is 5.79. The summed E-state index contributed by atoms with van der Waals surface area (Å²) >= 11 is 0. The second-order valence-electron chi connectivity index (χ2n) is 6.11. The van der Waals surface area contributed by atoms with Gasteiger partial charge in [0.15, 0.2) is 6.23 Å². The third-order valence-corrected chi connectivity index (χ3v) is 4.21. The Morgan fingerprint density at radius 2 is 1.96 bits per heavy atom. The summed E-state index contributed by atoms with van der Waals surface area (Å²) in [7, 11) is 1.62. The van der Waals surface area contributed by atoms with Gasteiger partial charge in [0.2, 0.25) is 5.56 Å². The predicted molar refractivity (Wildman–Crippen MR) is 100 cm³/mol. The molecular weight excluding hydrogens is 332 g/mol. The van der Waals surface area contributed by atoms with Crippen LogP contribution in [0.15, 0.2) is 59.4 Å². The second kappa shape index (κ2) is 8.03. The lowest BCUT2D eigenvalue weighted by atomic mass is 10.1. The fourth-order valence-electron chi connectivity index (χ4n) is 2.75. The monoisotopic (exact) mass is 354 g/mol. The Hall–Kier alpha value is -2.83. The second-order valence-corrected chi connectivity index (χ2v) is 6.11. The molecule has 2 aromatic carbocycles. The van der Waals surface area contributed by atoms with Crippen molar-refractivity contribution in [2.24, 2.45) is 5.73 Å². The Morgan fingerprint density at radius 3 is 2.77 bits per heavy atom. The number of fused-ring (bicyclic) bond motifs is 1. The molecule has 26 heavy (non-hydrogen) atoms. The van der Waals surface area contributed by atoms with Crippen LogP contribution >= 0.6 is 0 Å². The number of hydrogen-bond acceptors (Lipinski definition) is 5. The minimum atomic E-state index is -0.846. The van der Waals surface area contributed by atoms with Crippen LogP contribution in [0.1, 0.15) is 12.0 Å². The molecule has 1 aromatic heterocycles. The van der Waals surface area contributed by atoms with Gasteiger partial charge in [-0.15, -0.1) is 0 Å². The summed E-state index contributed by atoms with van der Waals surface area (Å²) in [6.07, 6.45) is -0.530. The molecule has 0 bridgehead atoms. The van der Waals surface area contributed by atoms with Crippen molar-refractivity contribution in [1.29, 1.82) is 0 Å². The van der Waals surface area contributed by atoms with Crippen LogP contribution in [0, 0.1) is 0 Å². The zero-order chi connectivity index (χ0) is 18.5. The van der Waals surface area contributed by atoms with E-state index >= 15 is 0 Å². The van der Waals surface area contributed by atoms with E-state index in [-0.39, 0.29) is 5.56 Å². The maximum Gasteiger partial charge on any atom is 0.248 e. The van der Waals surface area contributed by atoms with Crippen molar-refractivity contribution in [3.8, 4) is 11.5 Å². The summed E-state index contributed by atoms with van der Waals surface area (Å²) < 4.78 is 10.9. The maximum absolute atomic E-state index is 11.3. The number of rotatable bonds is 7. The first kappa shape index (κ1) is 18.0. The SMILES string of the molecule is COc1cccc(CCC(O)C(N)Oc2ccc3[nH]c(=O)ccc3c2)c1. The summed E-state index contributed by atoms with van der Waals surface area (Å²) in [5.41, 5.74) is 7.61. The quantitative estimate of drug-likeness (QED) is 0.565. The number of H-pyrrole nitrogens is 1. The van der Waals surface area contributed by atoms with Crippen molar-refractivity contribution in [3.05, 3.63) is 70.5 Å². The zero-order valence-corrected chi connectivity index (χ0v) is 14.5. The number of aliphatic hydroxyl groups is 1. The number of nitrogens with one attached hydrogen (secondary N) is 1. The molecule has 6 heteroatoms. The Morgan fingerprint density at radius 1 is 1.12 bits per heavy atom. The van der Waals surface area contributed by atoms with Gasteiger partial charge in [-0.05, 0) is 54.8 Å². The van der Waals surface area contributed by atoms with Crippen molar-refractivity contribution < 1.29 is 14.6 Å².